The molecule has 4 heteroatoms. The lowest BCUT2D eigenvalue weighted by molar-refractivity contribution is -0.128. The molecule has 2 amide bonds. The molecule has 1 aliphatic carbocycles. The van der Waals surface area contributed by atoms with E-state index >= 15 is 0 Å². The van der Waals surface area contributed by atoms with Gasteiger partial charge in [-0.15, -0.1) is 0 Å². The molecule has 1 saturated heterocycles. The Bertz CT molecular complexity index is 888. The van der Waals surface area contributed by atoms with E-state index in [1.165, 1.54) is 0 Å². The van der Waals surface area contributed by atoms with Crippen LogP contribution in [0.2, 0.25) is 0 Å². The molecule has 0 saturated carbocycles. The number of hydrogen-bond acceptors (Lipinski definition) is 3. The molecule has 4 nitrogen and oxygen atoms in total. The summed E-state index contributed by atoms with van der Waals surface area (Å²) >= 11 is 0. The minimum absolute atomic E-state index is 0.170. The fourth-order valence-electron chi connectivity index (χ4n) is 4.65. The Hall–Kier alpha value is -2.62. The van der Waals surface area contributed by atoms with E-state index in [-0.39, 0.29) is 11.8 Å². The summed E-state index contributed by atoms with van der Waals surface area (Å²) < 4.78 is 0. The highest BCUT2D eigenvalue weighted by molar-refractivity contribution is 6.18. The van der Waals surface area contributed by atoms with Gasteiger partial charge >= 0.3 is 0 Å². The molecular formula is C18H14N2O2. The number of amides is 2. The predicted octanol–water partition coefficient (Wildman–Crippen LogP) is 2.25. The summed E-state index contributed by atoms with van der Waals surface area (Å²) in [5.41, 5.74) is 3.14. The molecular weight excluding hydrogens is 276 g/mol. The second kappa shape index (κ2) is 3.40. The van der Waals surface area contributed by atoms with Crippen LogP contribution in [0.4, 0.5) is 11.4 Å². The number of carbonyl (C=O) groups excluding carboxylic acids is 2. The van der Waals surface area contributed by atoms with Crippen LogP contribution < -0.4 is 10.6 Å². The first-order chi connectivity index (χ1) is 10.6. The van der Waals surface area contributed by atoms with Crippen LogP contribution in [-0.2, 0) is 21.4 Å². The van der Waals surface area contributed by atoms with Crippen LogP contribution in [-0.4, -0.2) is 11.8 Å². The lowest BCUT2D eigenvalue weighted by Crippen LogP contribution is -2.46. The van der Waals surface area contributed by atoms with Crippen LogP contribution >= 0.6 is 0 Å². The normalized spacial score (nSPS) is 30.2. The maximum atomic E-state index is 13.0. The fourth-order valence-corrected chi connectivity index (χ4v) is 4.65. The molecule has 2 aromatic carbocycles. The highest BCUT2D eigenvalue weighted by Crippen LogP contribution is 2.63. The van der Waals surface area contributed by atoms with E-state index < -0.39 is 10.8 Å². The van der Waals surface area contributed by atoms with Crippen LogP contribution in [0.25, 0.3) is 0 Å². The van der Waals surface area contributed by atoms with Crippen molar-refractivity contribution >= 4 is 23.2 Å². The van der Waals surface area contributed by atoms with Crippen molar-refractivity contribution < 1.29 is 9.59 Å². The van der Waals surface area contributed by atoms with Gasteiger partial charge in [0.15, 0.2) is 0 Å². The van der Waals surface area contributed by atoms with Gasteiger partial charge in [0.1, 0.15) is 5.41 Å². The number of rotatable bonds is 0. The molecule has 2 aliphatic heterocycles. The van der Waals surface area contributed by atoms with E-state index in [0.717, 1.165) is 28.1 Å². The first-order valence-corrected chi connectivity index (χ1v) is 7.44. The molecule has 0 aromatic heterocycles. The highest BCUT2D eigenvalue weighted by atomic mass is 16.2. The number of anilines is 2. The molecule has 2 atom stereocenters. The van der Waals surface area contributed by atoms with Crippen molar-refractivity contribution in [3.63, 3.8) is 0 Å². The molecule has 0 bridgehead atoms. The molecule has 1 fully saturated rings. The van der Waals surface area contributed by atoms with Crippen LogP contribution in [0.1, 0.15) is 23.6 Å². The van der Waals surface area contributed by atoms with Gasteiger partial charge in [0.05, 0.1) is 5.41 Å². The molecule has 5 rings (SSSR count). The Kier molecular flexibility index (Phi) is 1.85. The van der Waals surface area contributed by atoms with Crippen molar-refractivity contribution in [1.29, 1.82) is 0 Å². The standard InChI is InChI=1S/C18H14N2O2/c1-17-9-10-5-4-8-13-14(10)18(17,16(22)20-15(17)21)11-6-2-3-7-12(11)19-13/h2-8,19H,9H2,1H3,(H,20,21,22)/t17-,18+/m1/s1. The average molecular weight is 290 g/mol. The molecule has 2 N–H and O–H groups in total. The topological polar surface area (TPSA) is 58.2 Å². The van der Waals surface area contributed by atoms with Crippen LogP contribution in [0.3, 0.4) is 0 Å². The van der Waals surface area contributed by atoms with Crippen molar-refractivity contribution in [3.8, 4) is 0 Å². The molecule has 3 aliphatic rings. The van der Waals surface area contributed by atoms with Gasteiger partial charge in [-0.2, -0.15) is 0 Å². The van der Waals surface area contributed by atoms with E-state index in [0.29, 0.717) is 6.42 Å². The third-order valence-corrected chi connectivity index (χ3v) is 5.57. The van der Waals surface area contributed by atoms with Crippen molar-refractivity contribution in [3.05, 3.63) is 59.2 Å². The minimum atomic E-state index is -0.905. The molecule has 2 aromatic rings. The van der Waals surface area contributed by atoms with E-state index in [9.17, 15) is 9.59 Å². The van der Waals surface area contributed by atoms with Gasteiger partial charge in [-0.1, -0.05) is 30.3 Å². The number of fused-ring (bicyclic) bond motifs is 1. The lowest BCUT2D eigenvalue weighted by Gasteiger charge is -2.39. The fraction of sp³-hybridized carbons (Fsp3) is 0.222. The summed E-state index contributed by atoms with van der Waals surface area (Å²) in [6.45, 7) is 1.92. The van der Waals surface area contributed by atoms with Gasteiger partial charge in [0.2, 0.25) is 11.8 Å². The Labute approximate surface area is 127 Å². The SMILES string of the molecule is C[C@]12Cc3cccc4c3[C@]1(C(=O)NC2=O)c1ccccc1N4. The van der Waals surface area contributed by atoms with Crippen molar-refractivity contribution in [2.45, 2.75) is 18.8 Å². The molecule has 2 heterocycles. The third-order valence-electron chi connectivity index (χ3n) is 5.57. The molecule has 1 spiro atoms. The average Bonchev–Trinajstić information content (AvgIpc) is 2.89. The van der Waals surface area contributed by atoms with Gasteiger partial charge in [-0.05, 0) is 42.2 Å². The monoisotopic (exact) mass is 290 g/mol. The van der Waals surface area contributed by atoms with Crippen LogP contribution in [0.5, 0.6) is 0 Å². The first-order valence-electron chi connectivity index (χ1n) is 7.44. The van der Waals surface area contributed by atoms with Gasteiger partial charge in [-0.25, -0.2) is 0 Å². The molecule has 0 unspecified atom stereocenters. The third kappa shape index (κ3) is 0.997. The zero-order valence-electron chi connectivity index (χ0n) is 12.1. The van der Waals surface area contributed by atoms with Gasteiger partial charge in [0.25, 0.3) is 0 Å². The summed E-state index contributed by atoms with van der Waals surface area (Å²) in [6.07, 6.45) is 0.587. The number of benzene rings is 2. The maximum Gasteiger partial charge on any atom is 0.242 e. The van der Waals surface area contributed by atoms with E-state index in [2.05, 4.69) is 10.6 Å². The van der Waals surface area contributed by atoms with Gasteiger partial charge in [-0.3, -0.25) is 14.9 Å². The second-order valence-corrected chi connectivity index (χ2v) is 6.55. The molecule has 108 valence electrons. The van der Waals surface area contributed by atoms with Crippen LogP contribution in [0.15, 0.2) is 42.5 Å². The van der Waals surface area contributed by atoms with E-state index in [4.69, 9.17) is 0 Å². The van der Waals surface area contributed by atoms with E-state index in [1.54, 1.807) is 0 Å². The highest BCUT2D eigenvalue weighted by Gasteiger charge is 2.71. The number of hydrogen-bond donors (Lipinski definition) is 2. The summed E-state index contributed by atoms with van der Waals surface area (Å²) in [7, 11) is 0. The summed E-state index contributed by atoms with van der Waals surface area (Å²) in [4.78, 5) is 25.6. The zero-order valence-corrected chi connectivity index (χ0v) is 12.1. The Morgan fingerprint density at radius 1 is 0.909 bits per heavy atom. The number of imide groups is 1. The molecule has 22 heavy (non-hydrogen) atoms. The number of para-hydroxylation sites is 1. The summed E-state index contributed by atoms with van der Waals surface area (Å²) in [5.74, 6) is -0.364. The lowest BCUT2D eigenvalue weighted by atomic mass is 9.61. The smallest absolute Gasteiger partial charge is 0.242 e. The van der Waals surface area contributed by atoms with Gasteiger partial charge < -0.3 is 5.32 Å². The maximum absolute atomic E-state index is 13.0. The Morgan fingerprint density at radius 3 is 2.55 bits per heavy atom. The number of carbonyl (C=O) groups is 2. The predicted molar refractivity (Wildman–Crippen MR) is 81.9 cm³/mol. The zero-order chi connectivity index (χ0) is 15.1. The first kappa shape index (κ1) is 12.0. The Balaban J connectivity index is 2.00. The summed E-state index contributed by atoms with van der Waals surface area (Å²) in [6, 6.07) is 13.8. The van der Waals surface area contributed by atoms with Gasteiger partial charge in [0, 0.05) is 11.4 Å². The second-order valence-electron chi connectivity index (χ2n) is 6.55. The largest absolute Gasteiger partial charge is 0.355 e. The van der Waals surface area contributed by atoms with E-state index in [1.807, 2.05) is 49.4 Å². The number of nitrogens with one attached hydrogen (secondary N) is 2. The van der Waals surface area contributed by atoms with Crippen molar-refractivity contribution in [1.82, 2.24) is 5.32 Å². The van der Waals surface area contributed by atoms with Crippen LogP contribution in [0, 0.1) is 5.41 Å². The quantitative estimate of drug-likeness (QED) is 0.732. The van der Waals surface area contributed by atoms with Crippen molar-refractivity contribution in [2.75, 3.05) is 5.32 Å². The van der Waals surface area contributed by atoms with Crippen molar-refractivity contribution in [2.24, 2.45) is 5.41 Å². The minimum Gasteiger partial charge on any atom is -0.355 e. The molecule has 0 radical (unpaired) electrons. The Morgan fingerprint density at radius 2 is 1.68 bits per heavy atom. The summed E-state index contributed by atoms with van der Waals surface area (Å²) in [5, 5.41) is 6.01.